The lowest BCUT2D eigenvalue weighted by Gasteiger charge is -2.10. The molecule has 0 aromatic carbocycles. The summed E-state index contributed by atoms with van der Waals surface area (Å²) in [7, 11) is 0. The van der Waals surface area contributed by atoms with Gasteiger partial charge in [0.2, 0.25) is 0 Å². The number of carbonyl (C=O) groups is 2. The summed E-state index contributed by atoms with van der Waals surface area (Å²) in [5.74, 6) is 2.10. The van der Waals surface area contributed by atoms with E-state index in [9.17, 15) is 14.7 Å². The summed E-state index contributed by atoms with van der Waals surface area (Å²) < 4.78 is 5.15. The van der Waals surface area contributed by atoms with Crippen LogP contribution in [0.4, 0.5) is 0 Å². The van der Waals surface area contributed by atoms with Crippen LogP contribution < -0.4 is 0 Å². The molecule has 0 amide bonds. The number of fused-ring (bicyclic) bond motifs is 1. The second-order valence-corrected chi connectivity index (χ2v) is 11.5. The third-order valence-corrected chi connectivity index (χ3v) is 8.00. The molecule has 1 aliphatic heterocycles. The van der Waals surface area contributed by atoms with E-state index >= 15 is 0 Å². The fraction of sp³-hybridized carbons (Fsp3) is 0.568. The van der Waals surface area contributed by atoms with Gasteiger partial charge in [0, 0.05) is 18.3 Å². The first-order valence-corrected chi connectivity index (χ1v) is 16.1. The van der Waals surface area contributed by atoms with Crippen LogP contribution >= 0.6 is 0 Å². The van der Waals surface area contributed by atoms with Crippen molar-refractivity contribution in [1.82, 2.24) is 0 Å². The van der Waals surface area contributed by atoms with E-state index in [0.29, 0.717) is 23.4 Å². The molecule has 5 aliphatic rings. The maximum Gasteiger partial charge on any atom is 0.159 e. The zero-order valence-electron chi connectivity index (χ0n) is 26.0. The summed E-state index contributed by atoms with van der Waals surface area (Å²) in [6.45, 7) is 6.33. The highest BCUT2D eigenvalue weighted by molar-refractivity contribution is 5.94. The van der Waals surface area contributed by atoms with E-state index in [-0.39, 0.29) is 24.0 Å². The van der Waals surface area contributed by atoms with Crippen LogP contribution in [0.15, 0.2) is 85.1 Å². The number of carbonyl (C=O) groups excluding carboxylic acids is 2. The molecule has 4 unspecified atom stereocenters. The van der Waals surface area contributed by atoms with E-state index in [2.05, 4.69) is 69.4 Å². The summed E-state index contributed by atoms with van der Waals surface area (Å²) in [5, 5.41) is 18.3. The van der Waals surface area contributed by atoms with Gasteiger partial charge in [0.1, 0.15) is 0 Å². The van der Waals surface area contributed by atoms with E-state index in [1.54, 1.807) is 12.2 Å². The minimum absolute atomic E-state index is 0.198. The molecule has 0 bridgehead atoms. The van der Waals surface area contributed by atoms with Crippen LogP contribution in [0.3, 0.4) is 0 Å². The summed E-state index contributed by atoms with van der Waals surface area (Å²) in [6, 6.07) is 0. The first kappa shape index (κ1) is 35.6. The number of allylic oxidation sites excluding steroid dienone is 12. The Morgan fingerprint density at radius 2 is 1.21 bits per heavy atom. The zero-order valence-corrected chi connectivity index (χ0v) is 26.0. The second-order valence-electron chi connectivity index (χ2n) is 11.5. The lowest BCUT2D eigenvalue weighted by molar-refractivity contribution is -0.118. The Labute approximate surface area is 254 Å². The minimum Gasteiger partial charge on any atom is -0.389 e. The lowest BCUT2D eigenvalue weighted by atomic mass is 10.0. The fourth-order valence-corrected chi connectivity index (χ4v) is 5.40. The van der Waals surface area contributed by atoms with Crippen molar-refractivity contribution in [3.05, 3.63) is 85.1 Å². The van der Waals surface area contributed by atoms with Gasteiger partial charge in [-0.3, -0.25) is 9.59 Å². The Kier molecular flexibility index (Phi) is 17.9. The van der Waals surface area contributed by atoms with Gasteiger partial charge in [-0.1, -0.05) is 93.7 Å². The van der Waals surface area contributed by atoms with Crippen LogP contribution in [0.2, 0.25) is 0 Å². The largest absolute Gasteiger partial charge is 0.389 e. The standard InChI is InChI=1S/C10H16O.2C10H14O.C7H10O2/c3*1-2-3-4-6-9-7-5-8-10(9)11;8-7-4-5-2-1-3-6(5)9-7/h3-5,8-11H,2,6-7H2,1H3;2*3-5,8-9H,2,6-7H2,1H3;1,3,5-8H,2,4H2/b4-3-;4-3+;4-3-;/t9-,10+;;;5-,6?,7?/m0..1/s1. The summed E-state index contributed by atoms with van der Waals surface area (Å²) in [4.78, 5) is 22.1. The van der Waals surface area contributed by atoms with Gasteiger partial charge in [0.05, 0.1) is 12.2 Å². The molecule has 0 saturated carbocycles. The van der Waals surface area contributed by atoms with Crippen molar-refractivity contribution in [2.45, 2.75) is 110 Å². The molecule has 0 radical (unpaired) electrons. The molecule has 0 spiro atoms. The van der Waals surface area contributed by atoms with E-state index < -0.39 is 6.29 Å². The second kappa shape index (κ2) is 21.1. The first-order chi connectivity index (χ1) is 20.4. The Bertz CT molecular complexity index is 954. The zero-order chi connectivity index (χ0) is 30.6. The SMILES string of the molecule is CC/C=C/CC1CC=CC1=O.CC/C=C\CC1CC=CC1=O.CC/C=C\C[C@H]1CC=C[C@H]1O.OC1C[C@H]2CC=CC2O1. The normalized spacial score (nSPS) is 30.6. The molecule has 42 heavy (non-hydrogen) atoms. The van der Waals surface area contributed by atoms with Crippen LogP contribution in [0.25, 0.3) is 0 Å². The molecule has 232 valence electrons. The van der Waals surface area contributed by atoms with Crippen LogP contribution in [-0.2, 0) is 14.3 Å². The van der Waals surface area contributed by atoms with Crippen molar-refractivity contribution in [3.63, 3.8) is 0 Å². The summed E-state index contributed by atoms with van der Waals surface area (Å²) in [6.07, 6.45) is 38.6. The molecule has 5 rings (SSSR count). The molecule has 2 N–H and O–H groups in total. The third-order valence-electron chi connectivity index (χ3n) is 8.00. The van der Waals surface area contributed by atoms with Crippen LogP contribution in [0, 0.1) is 23.7 Å². The van der Waals surface area contributed by atoms with Crippen LogP contribution in [0.5, 0.6) is 0 Å². The van der Waals surface area contributed by atoms with Gasteiger partial charge in [-0.05, 0) is 88.2 Å². The highest BCUT2D eigenvalue weighted by Crippen LogP contribution is 2.33. The van der Waals surface area contributed by atoms with Crippen molar-refractivity contribution in [1.29, 1.82) is 0 Å². The van der Waals surface area contributed by atoms with Crippen molar-refractivity contribution < 1.29 is 24.5 Å². The van der Waals surface area contributed by atoms with Crippen molar-refractivity contribution in [2.24, 2.45) is 23.7 Å². The van der Waals surface area contributed by atoms with Gasteiger partial charge < -0.3 is 14.9 Å². The third kappa shape index (κ3) is 13.6. The molecule has 7 atom stereocenters. The van der Waals surface area contributed by atoms with E-state index in [0.717, 1.165) is 70.6 Å². The predicted octanol–water partition coefficient (Wildman–Crippen LogP) is 7.93. The minimum atomic E-state index is -0.495. The quantitative estimate of drug-likeness (QED) is 0.272. The van der Waals surface area contributed by atoms with E-state index in [1.807, 2.05) is 24.3 Å². The smallest absolute Gasteiger partial charge is 0.159 e. The van der Waals surface area contributed by atoms with Crippen molar-refractivity contribution >= 4 is 11.6 Å². The molecule has 1 fully saturated rings. The highest BCUT2D eigenvalue weighted by Gasteiger charge is 2.34. The Hall–Kier alpha value is -2.60. The summed E-state index contributed by atoms with van der Waals surface area (Å²) in [5.41, 5.74) is 0. The number of hydrogen-bond acceptors (Lipinski definition) is 5. The predicted molar refractivity (Wildman–Crippen MR) is 173 cm³/mol. The molecule has 0 aromatic heterocycles. The number of aliphatic hydroxyl groups excluding tert-OH is 2. The average Bonchev–Trinajstić information content (AvgIpc) is 3.80. The van der Waals surface area contributed by atoms with Crippen LogP contribution in [-0.4, -0.2) is 40.3 Å². The molecular weight excluding hydrogens is 524 g/mol. The molecule has 5 heteroatoms. The van der Waals surface area contributed by atoms with Gasteiger partial charge in [0.15, 0.2) is 17.9 Å². The van der Waals surface area contributed by atoms with E-state index in [1.165, 1.54) is 0 Å². The van der Waals surface area contributed by atoms with Gasteiger partial charge in [-0.2, -0.15) is 0 Å². The van der Waals surface area contributed by atoms with Gasteiger partial charge in [-0.15, -0.1) is 0 Å². The number of ketones is 2. The van der Waals surface area contributed by atoms with Gasteiger partial charge >= 0.3 is 0 Å². The van der Waals surface area contributed by atoms with Crippen molar-refractivity contribution in [2.75, 3.05) is 0 Å². The number of ether oxygens (including phenoxy) is 1. The number of hydrogen-bond donors (Lipinski definition) is 2. The molecule has 1 heterocycles. The summed E-state index contributed by atoms with van der Waals surface area (Å²) >= 11 is 0. The number of aliphatic hydroxyl groups is 2. The van der Waals surface area contributed by atoms with Crippen molar-refractivity contribution in [3.8, 4) is 0 Å². The number of rotatable bonds is 9. The van der Waals surface area contributed by atoms with Crippen LogP contribution in [0.1, 0.15) is 91.4 Å². The molecule has 5 nitrogen and oxygen atoms in total. The molecular formula is C37H54O5. The fourth-order valence-electron chi connectivity index (χ4n) is 5.40. The Balaban J connectivity index is 0.000000196. The maximum absolute atomic E-state index is 11.0. The Morgan fingerprint density at radius 3 is 1.64 bits per heavy atom. The monoisotopic (exact) mass is 578 g/mol. The highest BCUT2D eigenvalue weighted by atomic mass is 16.6. The topological polar surface area (TPSA) is 83.8 Å². The van der Waals surface area contributed by atoms with Gasteiger partial charge in [0.25, 0.3) is 0 Å². The first-order valence-electron chi connectivity index (χ1n) is 16.1. The molecule has 0 aromatic rings. The molecule has 4 aliphatic carbocycles. The molecule has 1 saturated heterocycles. The Morgan fingerprint density at radius 1 is 0.690 bits per heavy atom. The van der Waals surface area contributed by atoms with Gasteiger partial charge in [-0.25, -0.2) is 0 Å². The maximum atomic E-state index is 11.0. The average molecular weight is 579 g/mol. The lowest BCUT2D eigenvalue weighted by Crippen LogP contribution is -2.11. The van der Waals surface area contributed by atoms with E-state index in [4.69, 9.17) is 9.84 Å².